The first-order chi connectivity index (χ1) is 12.6. The molecule has 6 nitrogen and oxygen atoms in total. The maximum absolute atomic E-state index is 11.1. The molecule has 1 aromatic carbocycles. The molecule has 0 atom stereocenters. The lowest BCUT2D eigenvalue weighted by Crippen LogP contribution is -2.39. The Bertz CT molecular complexity index is 583. The van der Waals surface area contributed by atoms with Gasteiger partial charge in [-0.2, -0.15) is 0 Å². The molecular weight excluding hydrogens is 453 g/mol. The van der Waals surface area contributed by atoms with E-state index >= 15 is 0 Å². The van der Waals surface area contributed by atoms with Gasteiger partial charge in [0.1, 0.15) is 0 Å². The number of carbonyl (C=O) groups is 1. The molecule has 1 heterocycles. The summed E-state index contributed by atoms with van der Waals surface area (Å²) >= 11 is 0. The summed E-state index contributed by atoms with van der Waals surface area (Å²) in [6.07, 6.45) is 3.77. The van der Waals surface area contributed by atoms with Crippen LogP contribution < -0.4 is 16.4 Å². The van der Waals surface area contributed by atoms with Crippen LogP contribution in [0.2, 0.25) is 0 Å². The van der Waals surface area contributed by atoms with Crippen LogP contribution in [0.4, 0.5) is 0 Å². The number of nitrogens with zero attached hydrogens (tertiary/aromatic N) is 2. The number of carbonyl (C=O) groups excluding carboxylic acids is 1. The van der Waals surface area contributed by atoms with Crippen LogP contribution in [0.3, 0.4) is 0 Å². The molecular formula is C20H34IN5O. The van der Waals surface area contributed by atoms with Crippen molar-refractivity contribution >= 4 is 35.8 Å². The van der Waals surface area contributed by atoms with Crippen LogP contribution in [0, 0.1) is 5.92 Å². The summed E-state index contributed by atoms with van der Waals surface area (Å²) in [6.45, 7) is 10.3. The lowest BCUT2D eigenvalue weighted by atomic mass is 9.99. The Morgan fingerprint density at radius 2 is 1.89 bits per heavy atom. The SMILES string of the molecule is CCNC(=NCc1ccc(C(N)=O)cc1)NCCCN1CCC(C)CC1.I. The second-order valence-electron chi connectivity index (χ2n) is 7.06. The minimum absolute atomic E-state index is 0. The predicted octanol–water partition coefficient (Wildman–Crippen LogP) is 2.58. The molecule has 0 unspecified atom stereocenters. The highest BCUT2D eigenvalue weighted by atomic mass is 127. The summed E-state index contributed by atoms with van der Waals surface area (Å²) in [5.41, 5.74) is 6.84. The molecule has 1 aromatic rings. The number of nitrogens with one attached hydrogen (secondary N) is 2. The van der Waals surface area contributed by atoms with Crippen LogP contribution in [0.5, 0.6) is 0 Å². The molecule has 0 bridgehead atoms. The topological polar surface area (TPSA) is 82.7 Å². The van der Waals surface area contributed by atoms with Gasteiger partial charge in [0.05, 0.1) is 6.54 Å². The molecule has 2 rings (SSSR count). The maximum atomic E-state index is 11.1. The van der Waals surface area contributed by atoms with Crippen LogP contribution >= 0.6 is 24.0 Å². The molecule has 0 aliphatic carbocycles. The number of halogens is 1. The van der Waals surface area contributed by atoms with Crippen molar-refractivity contribution < 1.29 is 4.79 Å². The monoisotopic (exact) mass is 487 g/mol. The third-order valence-electron chi connectivity index (χ3n) is 4.82. The van der Waals surface area contributed by atoms with E-state index in [1.54, 1.807) is 12.1 Å². The lowest BCUT2D eigenvalue weighted by molar-refractivity contribution is 0.100. The quantitative estimate of drug-likeness (QED) is 0.228. The van der Waals surface area contributed by atoms with Gasteiger partial charge in [0.15, 0.2) is 5.96 Å². The first-order valence-corrected chi connectivity index (χ1v) is 9.71. The molecule has 1 fully saturated rings. The lowest BCUT2D eigenvalue weighted by Gasteiger charge is -2.30. The number of aliphatic imine (C=N–C) groups is 1. The minimum Gasteiger partial charge on any atom is -0.366 e. The Hall–Kier alpha value is -1.35. The molecule has 0 radical (unpaired) electrons. The van der Waals surface area contributed by atoms with E-state index in [0.29, 0.717) is 12.1 Å². The van der Waals surface area contributed by atoms with E-state index in [4.69, 9.17) is 5.73 Å². The van der Waals surface area contributed by atoms with Gasteiger partial charge < -0.3 is 21.3 Å². The number of hydrogen-bond donors (Lipinski definition) is 3. The average molecular weight is 487 g/mol. The van der Waals surface area contributed by atoms with Crippen LogP contribution in [0.1, 0.15) is 49.0 Å². The summed E-state index contributed by atoms with van der Waals surface area (Å²) in [7, 11) is 0. The number of rotatable bonds is 8. The van der Waals surface area contributed by atoms with Crippen LogP contribution in [0.25, 0.3) is 0 Å². The molecule has 0 saturated carbocycles. The van der Waals surface area contributed by atoms with Gasteiger partial charge in [-0.3, -0.25) is 4.79 Å². The van der Waals surface area contributed by atoms with Gasteiger partial charge in [-0.05, 0) is 69.4 Å². The van der Waals surface area contributed by atoms with Gasteiger partial charge in [-0.25, -0.2) is 4.99 Å². The predicted molar refractivity (Wildman–Crippen MR) is 123 cm³/mol. The summed E-state index contributed by atoms with van der Waals surface area (Å²) in [5, 5.41) is 6.68. The van der Waals surface area contributed by atoms with Crippen molar-refractivity contribution in [2.24, 2.45) is 16.6 Å². The minimum atomic E-state index is -0.404. The fourth-order valence-corrected chi connectivity index (χ4v) is 3.08. The first-order valence-electron chi connectivity index (χ1n) is 9.71. The van der Waals surface area contributed by atoms with Crippen molar-refractivity contribution in [3.63, 3.8) is 0 Å². The van der Waals surface area contributed by atoms with Crippen molar-refractivity contribution in [3.8, 4) is 0 Å². The Morgan fingerprint density at radius 1 is 1.22 bits per heavy atom. The molecule has 1 aliphatic rings. The van der Waals surface area contributed by atoms with Crippen molar-refractivity contribution in [1.29, 1.82) is 0 Å². The molecule has 0 aromatic heterocycles. The normalized spacial score (nSPS) is 15.9. The van der Waals surface area contributed by atoms with Crippen molar-refractivity contribution in [1.82, 2.24) is 15.5 Å². The molecule has 7 heteroatoms. The molecule has 4 N–H and O–H groups in total. The summed E-state index contributed by atoms with van der Waals surface area (Å²) in [4.78, 5) is 18.3. The van der Waals surface area contributed by atoms with E-state index in [2.05, 4.69) is 34.4 Å². The van der Waals surface area contributed by atoms with Gasteiger partial charge in [0.25, 0.3) is 0 Å². The summed E-state index contributed by atoms with van der Waals surface area (Å²) in [5.74, 6) is 1.31. The van der Waals surface area contributed by atoms with Gasteiger partial charge in [-0.1, -0.05) is 19.1 Å². The largest absolute Gasteiger partial charge is 0.366 e. The molecule has 152 valence electrons. The number of likely N-dealkylation sites (tertiary alicyclic amines) is 1. The standard InChI is InChI=1S/C20H33N5O.HI/c1-3-22-20(23-11-4-12-25-13-9-16(2)10-14-25)24-15-17-5-7-18(8-6-17)19(21)26;/h5-8,16H,3-4,9-15H2,1-2H3,(H2,21,26)(H2,22,23,24);1H. The number of amides is 1. The third-order valence-corrected chi connectivity index (χ3v) is 4.82. The number of guanidine groups is 1. The Labute approximate surface area is 180 Å². The van der Waals surface area contributed by atoms with E-state index in [0.717, 1.165) is 43.5 Å². The second-order valence-corrected chi connectivity index (χ2v) is 7.06. The van der Waals surface area contributed by atoms with Crippen LogP contribution in [0.15, 0.2) is 29.3 Å². The van der Waals surface area contributed by atoms with E-state index in [9.17, 15) is 4.79 Å². The second kappa shape index (κ2) is 12.9. The molecule has 27 heavy (non-hydrogen) atoms. The zero-order chi connectivity index (χ0) is 18.8. The Morgan fingerprint density at radius 3 is 2.48 bits per heavy atom. The van der Waals surface area contributed by atoms with E-state index < -0.39 is 5.91 Å². The van der Waals surface area contributed by atoms with Crippen LogP contribution in [-0.4, -0.2) is 49.5 Å². The van der Waals surface area contributed by atoms with Gasteiger partial charge in [0.2, 0.25) is 5.91 Å². The fourth-order valence-electron chi connectivity index (χ4n) is 3.08. The maximum Gasteiger partial charge on any atom is 0.248 e. The zero-order valence-electron chi connectivity index (χ0n) is 16.5. The fraction of sp³-hybridized carbons (Fsp3) is 0.600. The average Bonchev–Trinajstić information content (AvgIpc) is 2.65. The van der Waals surface area contributed by atoms with Crippen molar-refractivity contribution in [2.45, 2.75) is 39.7 Å². The molecule has 1 amide bonds. The van der Waals surface area contributed by atoms with Gasteiger partial charge in [0, 0.05) is 18.7 Å². The number of benzene rings is 1. The Balaban J connectivity index is 0.00000364. The Kier molecular flexibility index (Phi) is 11.3. The highest BCUT2D eigenvalue weighted by molar-refractivity contribution is 14.0. The number of nitrogens with two attached hydrogens (primary N) is 1. The number of piperidine rings is 1. The highest BCUT2D eigenvalue weighted by Gasteiger charge is 2.14. The van der Waals surface area contributed by atoms with Crippen molar-refractivity contribution in [3.05, 3.63) is 35.4 Å². The molecule has 0 spiro atoms. The number of primary amides is 1. The number of hydrogen-bond acceptors (Lipinski definition) is 3. The highest BCUT2D eigenvalue weighted by Crippen LogP contribution is 2.15. The van der Waals surface area contributed by atoms with E-state index in [1.165, 1.54) is 25.9 Å². The van der Waals surface area contributed by atoms with Gasteiger partial charge in [-0.15, -0.1) is 24.0 Å². The van der Waals surface area contributed by atoms with E-state index in [-0.39, 0.29) is 24.0 Å². The summed E-state index contributed by atoms with van der Waals surface area (Å²) in [6, 6.07) is 7.27. The van der Waals surface area contributed by atoms with Crippen molar-refractivity contribution in [2.75, 3.05) is 32.7 Å². The third kappa shape index (κ3) is 8.92. The first kappa shape index (κ1) is 23.7. The van der Waals surface area contributed by atoms with Gasteiger partial charge >= 0.3 is 0 Å². The van der Waals surface area contributed by atoms with E-state index in [1.807, 2.05) is 12.1 Å². The zero-order valence-corrected chi connectivity index (χ0v) is 18.9. The molecule has 1 aliphatic heterocycles. The smallest absolute Gasteiger partial charge is 0.248 e. The van der Waals surface area contributed by atoms with Crippen LogP contribution in [-0.2, 0) is 6.54 Å². The summed E-state index contributed by atoms with van der Waals surface area (Å²) < 4.78 is 0. The molecule has 1 saturated heterocycles.